The second kappa shape index (κ2) is 6.48. The van der Waals surface area contributed by atoms with Gasteiger partial charge >= 0.3 is 0 Å². The summed E-state index contributed by atoms with van der Waals surface area (Å²) in [6.45, 7) is 1.62. The molecule has 0 saturated heterocycles. The van der Waals surface area contributed by atoms with E-state index in [9.17, 15) is 8.42 Å². The Morgan fingerprint density at radius 3 is 2.57 bits per heavy atom. The summed E-state index contributed by atoms with van der Waals surface area (Å²) in [7, 11) is 0.301. The van der Waals surface area contributed by atoms with Gasteiger partial charge in [-0.2, -0.15) is 0 Å². The molecule has 0 spiro atoms. The normalized spacial score (nSPS) is 13.2. The molecule has 0 aromatic rings. The van der Waals surface area contributed by atoms with Crippen LogP contribution in [0.4, 0.5) is 0 Å². The highest BCUT2D eigenvalue weighted by Gasteiger charge is 2.04. The standard InChI is InChI=1S/C9H17NO3S/c1-4-14(11,12)8-6-9(13-3)5-7-10-2/h5-7,10H,4,8H2,1-3H3/b7-5-,9-6+. The van der Waals surface area contributed by atoms with Crippen molar-refractivity contribution in [3.63, 3.8) is 0 Å². The van der Waals surface area contributed by atoms with Gasteiger partial charge in [0, 0.05) is 12.8 Å². The maximum Gasteiger partial charge on any atom is 0.153 e. The number of rotatable bonds is 6. The number of ether oxygens (including phenoxy) is 1. The van der Waals surface area contributed by atoms with Crippen LogP contribution in [-0.4, -0.2) is 34.1 Å². The summed E-state index contributed by atoms with van der Waals surface area (Å²) in [5.41, 5.74) is 0. The quantitative estimate of drug-likeness (QED) is 0.527. The molecule has 0 aliphatic rings. The number of sulfone groups is 1. The molecule has 0 aliphatic carbocycles. The van der Waals surface area contributed by atoms with Crippen LogP contribution < -0.4 is 5.32 Å². The molecule has 5 heteroatoms. The van der Waals surface area contributed by atoms with Crippen LogP contribution in [0.25, 0.3) is 0 Å². The Morgan fingerprint density at radius 1 is 1.50 bits per heavy atom. The summed E-state index contributed by atoms with van der Waals surface area (Å²) in [6, 6.07) is 0. The van der Waals surface area contributed by atoms with Crippen LogP contribution in [0.2, 0.25) is 0 Å². The number of hydrogen-bond acceptors (Lipinski definition) is 4. The third kappa shape index (κ3) is 5.64. The van der Waals surface area contributed by atoms with Gasteiger partial charge in [-0.1, -0.05) is 6.92 Å². The Bertz CT molecular complexity index is 304. The highest BCUT2D eigenvalue weighted by atomic mass is 32.2. The van der Waals surface area contributed by atoms with E-state index < -0.39 is 9.84 Å². The van der Waals surface area contributed by atoms with Crippen molar-refractivity contribution in [2.45, 2.75) is 6.92 Å². The van der Waals surface area contributed by atoms with Crippen molar-refractivity contribution >= 4 is 9.84 Å². The van der Waals surface area contributed by atoms with Gasteiger partial charge in [0.2, 0.25) is 0 Å². The monoisotopic (exact) mass is 219 g/mol. The fraction of sp³-hybridized carbons (Fsp3) is 0.556. The lowest BCUT2D eigenvalue weighted by Gasteiger charge is -2.00. The molecule has 0 amide bonds. The Hall–Kier alpha value is -0.970. The van der Waals surface area contributed by atoms with E-state index in [1.165, 1.54) is 7.11 Å². The van der Waals surface area contributed by atoms with Crippen molar-refractivity contribution < 1.29 is 13.2 Å². The van der Waals surface area contributed by atoms with E-state index in [4.69, 9.17) is 4.74 Å². The summed E-state index contributed by atoms with van der Waals surface area (Å²) in [5, 5.41) is 2.79. The first-order valence-electron chi connectivity index (χ1n) is 4.34. The molecule has 0 aromatic heterocycles. The Kier molecular flexibility index (Phi) is 6.03. The number of hydrogen-bond donors (Lipinski definition) is 1. The Labute approximate surface area is 85.6 Å². The molecule has 0 rings (SSSR count). The van der Waals surface area contributed by atoms with Crippen molar-refractivity contribution in [2.75, 3.05) is 25.7 Å². The minimum absolute atomic E-state index is 0.0146. The molecule has 0 aliphatic heterocycles. The van der Waals surface area contributed by atoms with E-state index in [0.717, 1.165) is 0 Å². The van der Waals surface area contributed by atoms with Gasteiger partial charge in [0.05, 0.1) is 12.9 Å². The summed E-state index contributed by atoms with van der Waals surface area (Å²) < 4.78 is 27.3. The van der Waals surface area contributed by atoms with Gasteiger partial charge in [-0.3, -0.25) is 0 Å². The lowest BCUT2D eigenvalue weighted by Crippen LogP contribution is -2.07. The minimum Gasteiger partial charge on any atom is -0.497 e. The molecular weight excluding hydrogens is 202 g/mol. The molecule has 0 heterocycles. The first-order chi connectivity index (χ1) is 6.55. The zero-order valence-electron chi connectivity index (χ0n) is 8.78. The first-order valence-corrected chi connectivity index (χ1v) is 6.16. The van der Waals surface area contributed by atoms with Crippen LogP contribution in [0.15, 0.2) is 24.1 Å². The smallest absolute Gasteiger partial charge is 0.153 e. The Morgan fingerprint density at radius 2 is 2.14 bits per heavy atom. The number of methoxy groups -OCH3 is 1. The van der Waals surface area contributed by atoms with Crippen LogP contribution in [0.1, 0.15) is 6.92 Å². The second-order valence-corrected chi connectivity index (χ2v) is 5.03. The van der Waals surface area contributed by atoms with Crippen molar-refractivity contribution in [2.24, 2.45) is 0 Å². The van der Waals surface area contributed by atoms with E-state index in [2.05, 4.69) is 5.32 Å². The molecule has 4 nitrogen and oxygen atoms in total. The molecule has 0 radical (unpaired) electrons. The van der Waals surface area contributed by atoms with E-state index in [0.29, 0.717) is 5.76 Å². The highest BCUT2D eigenvalue weighted by Crippen LogP contribution is 1.99. The van der Waals surface area contributed by atoms with Gasteiger partial charge in [-0.05, 0) is 18.4 Å². The summed E-state index contributed by atoms with van der Waals surface area (Å²) in [6.07, 6.45) is 4.89. The Balaban J connectivity index is 4.40. The average Bonchev–Trinajstić information content (AvgIpc) is 2.18. The molecule has 0 saturated carbocycles. The first kappa shape index (κ1) is 13.0. The van der Waals surface area contributed by atoms with Gasteiger partial charge in [0.15, 0.2) is 9.84 Å². The summed E-state index contributed by atoms with van der Waals surface area (Å²) in [5.74, 6) is 0.702. The lowest BCUT2D eigenvalue weighted by molar-refractivity contribution is 0.306. The van der Waals surface area contributed by atoms with Gasteiger partial charge in [-0.25, -0.2) is 8.42 Å². The molecule has 0 bridgehead atoms. The van der Waals surface area contributed by atoms with Crippen molar-refractivity contribution in [1.29, 1.82) is 0 Å². The van der Waals surface area contributed by atoms with E-state index in [1.54, 1.807) is 32.3 Å². The van der Waals surface area contributed by atoms with E-state index in [1.807, 2.05) is 0 Å². The summed E-state index contributed by atoms with van der Waals surface area (Å²) in [4.78, 5) is 0. The molecule has 0 aromatic carbocycles. The average molecular weight is 219 g/mol. The molecule has 82 valence electrons. The van der Waals surface area contributed by atoms with Gasteiger partial charge in [0.1, 0.15) is 5.76 Å². The van der Waals surface area contributed by atoms with E-state index in [-0.39, 0.29) is 11.5 Å². The molecule has 1 N–H and O–H groups in total. The maximum atomic E-state index is 11.2. The van der Waals surface area contributed by atoms with Crippen LogP contribution in [0.3, 0.4) is 0 Å². The number of allylic oxidation sites excluding steroid dienone is 1. The topological polar surface area (TPSA) is 55.4 Å². The maximum absolute atomic E-state index is 11.2. The zero-order chi connectivity index (χ0) is 11.0. The van der Waals surface area contributed by atoms with Crippen molar-refractivity contribution in [1.82, 2.24) is 5.32 Å². The third-order valence-corrected chi connectivity index (χ3v) is 3.18. The number of nitrogens with one attached hydrogen (secondary N) is 1. The highest BCUT2D eigenvalue weighted by molar-refractivity contribution is 7.91. The molecule has 0 fully saturated rings. The van der Waals surface area contributed by atoms with Crippen molar-refractivity contribution in [3.8, 4) is 0 Å². The predicted octanol–water partition coefficient (Wildman–Crippen LogP) is 0.684. The van der Waals surface area contributed by atoms with Crippen molar-refractivity contribution in [3.05, 3.63) is 24.1 Å². The molecular formula is C9H17NO3S. The van der Waals surface area contributed by atoms with Crippen LogP contribution in [0.5, 0.6) is 0 Å². The molecule has 0 atom stereocenters. The lowest BCUT2D eigenvalue weighted by atomic mass is 10.4. The van der Waals surface area contributed by atoms with Gasteiger partial charge in [0.25, 0.3) is 0 Å². The van der Waals surface area contributed by atoms with Gasteiger partial charge < -0.3 is 10.1 Å². The third-order valence-electron chi connectivity index (χ3n) is 1.63. The molecule has 0 unspecified atom stereocenters. The van der Waals surface area contributed by atoms with Crippen LogP contribution >= 0.6 is 0 Å². The SMILES string of the molecule is CCS(=O)(=O)C/C=C(\C=C/NC)OC. The fourth-order valence-electron chi connectivity index (χ4n) is 0.712. The second-order valence-electron chi connectivity index (χ2n) is 2.63. The van der Waals surface area contributed by atoms with Gasteiger partial charge in [-0.15, -0.1) is 0 Å². The van der Waals surface area contributed by atoms with Crippen LogP contribution in [0, 0.1) is 0 Å². The molecule has 14 heavy (non-hydrogen) atoms. The zero-order valence-corrected chi connectivity index (χ0v) is 9.60. The minimum atomic E-state index is -2.96. The summed E-state index contributed by atoms with van der Waals surface area (Å²) >= 11 is 0. The predicted molar refractivity (Wildman–Crippen MR) is 57.6 cm³/mol. The fourth-order valence-corrected chi connectivity index (χ4v) is 1.37. The van der Waals surface area contributed by atoms with E-state index >= 15 is 0 Å². The largest absolute Gasteiger partial charge is 0.497 e. The van der Waals surface area contributed by atoms with Crippen LogP contribution in [-0.2, 0) is 14.6 Å².